The van der Waals surface area contributed by atoms with Crippen LogP contribution in [0, 0.1) is 24.7 Å². The van der Waals surface area contributed by atoms with Crippen molar-refractivity contribution in [2.24, 2.45) is 17.8 Å². The van der Waals surface area contributed by atoms with Gasteiger partial charge in [0.15, 0.2) is 5.78 Å². The van der Waals surface area contributed by atoms with E-state index in [1.165, 1.54) is 0 Å². The topological polar surface area (TPSA) is 49.9 Å². The number of ether oxygens (including phenoxy) is 1. The van der Waals surface area contributed by atoms with Crippen molar-refractivity contribution in [3.05, 3.63) is 29.3 Å². The van der Waals surface area contributed by atoms with Gasteiger partial charge in [-0.3, -0.25) is 9.59 Å². The zero-order valence-corrected chi connectivity index (χ0v) is 16.2. The second-order valence-corrected chi connectivity index (χ2v) is 8.78. The van der Waals surface area contributed by atoms with E-state index in [-0.39, 0.29) is 17.6 Å². The molecule has 1 aromatic rings. The van der Waals surface area contributed by atoms with Crippen molar-refractivity contribution in [2.75, 3.05) is 32.7 Å². The van der Waals surface area contributed by atoms with Crippen LogP contribution >= 0.6 is 0 Å². The highest BCUT2D eigenvalue weighted by atomic mass is 16.5. The molecule has 5 rings (SSSR count). The molecule has 1 aromatic carbocycles. The standard InChI is InChI=1S/C22H28N2O3/c1-3-23-8-10-24(11-9-23)21(26)19-15-6-7-22(20(15)19)13-17(25)16-12-14(2)4-5-18(16)27-22/h4-5,12,15,19-20H,3,6-11,13H2,1-2H3/t15-,19+,20+,22-/m0/s1. The van der Waals surface area contributed by atoms with Crippen molar-refractivity contribution < 1.29 is 14.3 Å². The Morgan fingerprint density at radius 3 is 2.78 bits per heavy atom. The zero-order chi connectivity index (χ0) is 18.8. The summed E-state index contributed by atoms with van der Waals surface area (Å²) in [6, 6.07) is 5.86. The molecule has 2 aliphatic heterocycles. The quantitative estimate of drug-likeness (QED) is 0.805. The number of hydrogen-bond acceptors (Lipinski definition) is 4. The van der Waals surface area contributed by atoms with Crippen molar-refractivity contribution in [2.45, 2.75) is 38.7 Å². The molecular formula is C22H28N2O3. The summed E-state index contributed by atoms with van der Waals surface area (Å²) in [7, 11) is 0. The van der Waals surface area contributed by atoms with Crippen LogP contribution in [0.5, 0.6) is 5.75 Å². The monoisotopic (exact) mass is 368 g/mol. The number of carbonyl (C=O) groups is 2. The van der Waals surface area contributed by atoms with Crippen LogP contribution in [0.3, 0.4) is 0 Å². The Labute approximate surface area is 160 Å². The molecule has 2 heterocycles. The lowest BCUT2D eigenvalue weighted by molar-refractivity contribution is -0.136. The Bertz CT molecular complexity index is 799. The molecule has 27 heavy (non-hydrogen) atoms. The van der Waals surface area contributed by atoms with Crippen LogP contribution in [0.4, 0.5) is 0 Å². The number of piperazine rings is 1. The molecule has 0 unspecified atom stereocenters. The summed E-state index contributed by atoms with van der Waals surface area (Å²) in [5, 5.41) is 0. The summed E-state index contributed by atoms with van der Waals surface area (Å²) >= 11 is 0. The fourth-order valence-electron chi connectivity index (χ4n) is 5.76. The molecule has 0 N–H and O–H groups in total. The maximum atomic E-state index is 13.1. The SMILES string of the molecule is CCN1CCN(C(=O)[C@@H]2[C@@H]3CC[C@]4(CC(=O)c5cc(C)ccc5O4)[C@H]32)CC1. The molecule has 5 nitrogen and oxygen atoms in total. The summed E-state index contributed by atoms with van der Waals surface area (Å²) in [6.45, 7) is 8.82. The minimum atomic E-state index is -0.449. The molecule has 2 aliphatic carbocycles. The van der Waals surface area contributed by atoms with E-state index in [1.807, 2.05) is 30.0 Å². The van der Waals surface area contributed by atoms with Crippen LogP contribution in [0.15, 0.2) is 18.2 Å². The smallest absolute Gasteiger partial charge is 0.226 e. The highest BCUT2D eigenvalue weighted by Gasteiger charge is 2.71. The first kappa shape index (κ1) is 17.2. The van der Waals surface area contributed by atoms with Crippen molar-refractivity contribution in [1.29, 1.82) is 0 Å². The number of fused-ring (bicyclic) bond motifs is 3. The Hall–Kier alpha value is -1.88. The molecule has 1 saturated heterocycles. The third-order valence-electron chi connectivity index (χ3n) is 7.30. The van der Waals surface area contributed by atoms with Gasteiger partial charge in [0.05, 0.1) is 12.0 Å². The molecule has 0 radical (unpaired) electrons. The average Bonchev–Trinajstić information content (AvgIpc) is 3.32. The van der Waals surface area contributed by atoms with Gasteiger partial charge in [-0.05, 0) is 44.4 Å². The largest absolute Gasteiger partial charge is 0.486 e. The second kappa shape index (κ2) is 6.06. The maximum absolute atomic E-state index is 13.1. The van der Waals surface area contributed by atoms with Gasteiger partial charge in [0, 0.05) is 38.0 Å². The molecule has 0 aromatic heterocycles. The van der Waals surface area contributed by atoms with Gasteiger partial charge >= 0.3 is 0 Å². The molecule has 1 spiro atoms. The predicted molar refractivity (Wildman–Crippen MR) is 102 cm³/mol. The number of benzene rings is 1. The third-order valence-corrected chi connectivity index (χ3v) is 7.30. The second-order valence-electron chi connectivity index (χ2n) is 8.78. The highest BCUT2D eigenvalue weighted by molar-refractivity contribution is 6.01. The number of nitrogens with zero attached hydrogens (tertiary/aromatic N) is 2. The highest BCUT2D eigenvalue weighted by Crippen LogP contribution is 2.66. The predicted octanol–water partition coefficient (Wildman–Crippen LogP) is 2.52. The van der Waals surface area contributed by atoms with Crippen molar-refractivity contribution in [3.8, 4) is 5.75 Å². The van der Waals surface area contributed by atoms with E-state index in [0.29, 0.717) is 29.6 Å². The van der Waals surface area contributed by atoms with E-state index in [0.717, 1.165) is 51.1 Å². The first-order valence-corrected chi connectivity index (χ1v) is 10.4. The van der Waals surface area contributed by atoms with Gasteiger partial charge in [0.25, 0.3) is 0 Å². The van der Waals surface area contributed by atoms with Crippen LogP contribution in [0.25, 0.3) is 0 Å². The number of Topliss-reactive ketones (excluding diaryl/α,β-unsaturated/α-hetero) is 1. The summed E-state index contributed by atoms with van der Waals surface area (Å²) in [4.78, 5) is 30.4. The molecule has 1 amide bonds. The number of carbonyl (C=O) groups excluding carboxylic acids is 2. The number of rotatable bonds is 2. The Morgan fingerprint density at radius 1 is 1.26 bits per heavy atom. The summed E-state index contributed by atoms with van der Waals surface area (Å²) in [5.74, 6) is 1.87. The number of ketones is 1. The average molecular weight is 368 g/mol. The van der Waals surface area contributed by atoms with Crippen LogP contribution in [0.2, 0.25) is 0 Å². The minimum absolute atomic E-state index is 0.0618. The first-order chi connectivity index (χ1) is 13.0. The Balaban J connectivity index is 1.33. The summed E-state index contributed by atoms with van der Waals surface area (Å²) in [6.07, 6.45) is 2.33. The maximum Gasteiger partial charge on any atom is 0.226 e. The van der Waals surface area contributed by atoms with Crippen molar-refractivity contribution in [1.82, 2.24) is 9.80 Å². The molecule has 5 heteroatoms. The van der Waals surface area contributed by atoms with E-state index in [2.05, 4.69) is 11.8 Å². The van der Waals surface area contributed by atoms with E-state index in [1.54, 1.807) is 0 Å². The Morgan fingerprint density at radius 2 is 2.04 bits per heavy atom. The fourth-order valence-corrected chi connectivity index (χ4v) is 5.76. The van der Waals surface area contributed by atoms with Gasteiger partial charge in [-0.1, -0.05) is 18.6 Å². The summed E-state index contributed by atoms with van der Waals surface area (Å²) < 4.78 is 6.46. The van der Waals surface area contributed by atoms with Crippen molar-refractivity contribution in [3.63, 3.8) is 0 Å². The fraction of sp³-hybridized carbons (Fsp3) is 0.636. The van der Waals surface area contributed by atoms with Crippen LogP contribution in [0.1, 0.15) is 42.1 Å². The molecule has 2 saturated carbocycles. The molecule has 3 fully saturated rings. The van der Waals surface area contributed by atoms with Crippen LogP contribution in [-0.4, -0.2) is 59.8 Å². The number of aryl methyl sites for hydroxylation is 1. The normalized spacial score (nSPS) is 35.0. The number of amides is 1. The van der Waals surface area contributed by atoms with E-state index in [4.69, 9.17) is 4.74 Å². The molecule has 0 bridgehead atoms. The van der Waals surface area contributed by atoms with Gasteiger partial charge in [0.2, 0.25) is 5.91 Å². The lowest BCUT2D eigenvalue weighted by Gasteiger charge is -2.38. The van der Waals surface area contributed by atoms with Gasteiger partial charge in [0.1, 0.15) is 11.4 Å². The lowest BCUT2D eigenvalue weighted by atomic mass is 9.84. The van der Waals surface area contributed by atoms with E-state index < -0.39 is 5.60 Å². The van der Waals surface area contributed by atoms with E-state index >= 15 is 0 Å². The van der Waals surface area contributed by atoms with Gasteiger partial charge in [-0.2, -0.15) is 0 Å². The zero-order valence-electron chi connectivity index (χ0n) is 16.2. The molecule has 4 aliphatic rings. The molecule has 144 valence electrons. The van der Waals surface area contributed by atoms with Crippen LogP contribution < -0.4 is 4.74 Å². The third kappa shape index (κ3) is 2.62. The Kier molecular flexibility index (Phi) is 3.87. The first-order valence-electron chi connectivity index (χ1n) is 10.4. The lowest BCUT2D eigenvalue weighted by Crippen LogP contribution is -2.50. The van der Waals surface area contributed by atoms with Gasteiger partial charge < -0.3 is 14.5 Å². The number of likely N-dealkylation sites (N-methyl/N-ethyl adjacent to an activating group) is 1. The van der Waals surface area contributed by atoms with E-state index in [9.17, 15) is 9.59 Å². The van der Waals surface area contributed by atoms with Crippen LogP contribution in [-0.2, 0) is 4.79 Å². The molecule has 4 atom stereocenters. The minimum Gasteiger partial charge on any atom is -0.486 e. The molecular weight excluding hydrogens is 340 g/mol. The van der Waals surface area contributed by atoms with Gasteiger partial charge in [-0.25, -0.2) is 0 Å². The number of hydrogen-bond donors (Lipinski definition) is 0. The van der Waals surface area contributed by atoms with Crippen molar-refractivity contribution >= 4 is 11.7 Å². The summed E-state index contributed by atoms with van der Waals surface area (Å²) in [5.41, 5.74) is 1.34. The van der Waals surface area contributed by atoms with Gasteiger partial charge in [-0.15, -0.1) is 0 Å².